The molecule has 0 aromatic heterocycles. The molecule has 1 aromatic rings. The number of amides is 4. The minimum Gasteiger partial charge on any atom is -0.351 e. The van der Waals surface area contributed by atoms with Gasteiger partial charge in [-0.1, -0.05) is 6.58 Å². The molecule has 7 heteroatoms. The fourth-order valence-electron chi connectivity index (χ4n) is 2.41. The summed E-state index contributed by atoms with van der Waals surface area (Å²) in [6.07, 6.45) is 1.32. The smallest absolute Gasteiger partial charge is 0.251 e. The monoisotopic (exact) mass is 329 g/mol. The SMILES string of the molecule is C=CC(=O)N(C)c1ccc(C(=O)NCC2CC(=O)N(C)C2=O)cc1. The van der Waals surface area contributed by atoms with Crippen LogP contribution in [0.1, 0.15) is 16.8 Å². The van der Waals surface area contributed by atoms with Gasteiger partial charge < -0.3 is 10.2 Å². The van der Waals surface area contributed by atoms with Crippen LogP contribution in [0.15, 0.2) is 36.9 Å². The molecule has 1 fully saturated rings. The maximum absolute atomic E-state index is 12.1. The van der Waals surface area contributed by atoms with Crippen molar-refractivity contribution in [3.05, 3.63) is 42.5 Å². The number of nitrogens with zero attached hydrogens (tertiary/aromatic N) is 2. The fourth-order valence-corrected chi connectivity index (χ4v) is 2.41. The van der Waals surface area contributed by atoms with E-state index in [0.29, 0.717) is 11.3 Å². The summed E-state index contributed by atoms with van der Waals surface area (Å²) in [5, 5.41) is 2.66. The minimum atomic E-state index is -0.512. The van der Waals surface area contributed by atoms with E-state index in [-0.39, 0.29) is 36.6 Å². The first-order valence-corrected chi connectivity index (χ1v) is 7.44. The van der Waals surface area contributed by atoms with Crippen LogP contribution in [0, 0.1) is 5.92 Å². The van der Waals surface area contributed by atoms with Crippen LogP contribution >= 0.6 is 0 Å². The summed E-state index contributed by atoms with van der Waals surface area (Å²) in [6.45, 7) is 3.54. The Balaban J connectivity index is 1.96. The van der Waals surface area contributed by atoms with Gasteiger partial charge in [0.1, 0.15) is 0 Å². The molecule has 1 aliphatic heterocycles. The van der Waals surface area contributed by atoms with Gasteiger partial charge in [-0.3, -0.25) is 24.1 Å². The normalized spacial score (nSPS) is 16.9. The first kappa shape index (κ1) is 17.4. The number of nitrogens with one attached hydrogen (secondary N) is 1. The van der Waals surface area contributed by atoms with E-state index in [1.807, 2.05) is 0 Å². The maximum Gasteiger partial charge on any atom is 0.251 e. The van der Waals surface area contributed by atoms with Crippen molar-refractivity contribution >= 4 is 29.3 Å². The van der Waals surface area contributed by atoms with Gasteiger partial charge in [0.05, 0.1) is 5.92 Å². The summed E-state index contributed by atoms with van der Waals surface area (Å²) in [5.74, 6) is -1.62. The number of likely N-dealkylation sites (tertiary alicyclic amines) is 1. The Morgan fingerprint density at radius 2 is 1.96 bits per heavy atom. The van der Waals surface area contributed by atoms with Gasteiger partial charge in [-0.2, -0.15) is 0 Å². The highest BCUT2D eigenvalue weighted by atomic mass is 16.2. The Morgan fingerprint density at radius 1 is 1.33 bits per heavy atom. The molecule has 0 saturated carbocycles. The third kappa shape index (κ3) is 3.51. The summed E-state index contributed by atoms with van der Waals surface area (Å²) in [5.41, 5.74) is 1.04. The Labute approximate surface area is 139 Å². The van der Waals surface area contributed by atoms with Crippen molar-refractivity contribution in [2.75, 3.05) is 25.5 Å². The Bertz CT molecular complexity index is 696. The first-order chi connectivity index (χ1) is 11.3. The zero-order valence-electron chi connectivity index (χ0n) is 13.6. The van der Waals surface area contributed by atoms with Crippen molar-refractivity contribution in [1.82, 2.24) is 10.2 Å². The van der Waals surface area contributed by atoms with Gasteiger partial charge in [0.25, 0.3) is 5.91 Å². The van der Waals surface area contributed by atoms with E-state index in [0.717, 1.165) is 4.90 Å². The molecule has 1 N–H and O–H groups in total. The van der Waals surface area contributed by atoms with Gasteiger partial charge in [0.2, 0.25) is 17.7 Å². The molecule has 1 unspecified atom stereocenters. The molecule has 0 bridgehead atoms. The lowest BCUT2D eigenvalue weighted by atomic mass is 10.1. The van der Waals surface area contributed by atoms with E-state index in [4.69, 9.17) is 0 Å². The number of carbonyl (C=O) groups excluding carboxylic acids is 4. The first-order valence-electron chi connectivity index (χ1n) is 7.44. The van der Waals surface area contributed by atoms with Gasteiger partial charge in [-0.25, -0.2) is 0 Å². The van der Waals surface area contributed by atoms with Gasteiger partial charge in [-0.15, -0.1) is 0 Å². The Hall–Kier alpha value is -2.96. The summed E-state index contributed by atoms with van der Waals surface area (Å²) < 4.78 is 0. The predicted octanol–water partition coefficient (Wildman–Crippen LogP) is 0.570. The van der Waals surface area contributed by atoms with Crippen LogP contribution in [-0.2, 0) is 14.4 Å². The van der Waals surface area contributed by atoms with Crippen LogP contribution in [0.5, 0.6) is 0 Å². The van der Waals surface area contributed by atoms with E-state index < -0.39 is 5.92 Å². The Kier molecular flexibility index (Phi) is 5.13. The molecule has 126 valence electrons. The van der Waals surface area contributed by atoms with Crippen LogP contribution in [0.2, 0.25) is 0 Å². The van der Waals surface area contributed by atoms with E-state index >= 15 is 0 Å². The van der Waals surface area contributed by atoms with Crippen LogP contribution in [0.4, 0.5) is 5.69 Å². The van der Waals surface area contributed by atoms with Crippen LogP contribution < -0.4 is 10.2 Å². The second-order valence-corrected chi connectivity index (χ2v) is 5.55. The molecule has 1 atom stereocenters. The Morgan fingerprint density at radius 3 is 2.46 bits per heavy atom. The summed E-state index contributed by atoms with van der Waals surface area (Å²) in [7, 11) is 3.05. The zero-order chi connectivity index (χ0) is 17.9. The molecule has 0 radical (unpaired) electrons. The minimum absolute atomic E-state index is 0.114. The van der Waals surface area contributed by atoms with Gasteiger partial charge >= 0.3 is 0 Å². The summed E-state index contributed by atoms with van der Waals surface area (Å²) in [6, 6.07) is 6.47. The zero-order valence-corrected chi connectivity index (χ0v) is 13.6. The van der Waals surface area contributed by atoms with Gasteiger partial charge in [0, 0.05) is 38.3 Å². The number of hydrogen-bond donors (Lipinski definition) is 1. The van der Waals surface area contributed by atoms with Gasteiger partial charge in [-0.05, 0) is 30.3 Å². The van der Waals surface area contributed by atoms with Crippen LogP contribution in [0.25, 0.3) is 0 Å². The number of anilines is 1. The molecule has 2 rings (SSSR count). The van der Waals surface area contributed by atoms with Gasteiger partial charge in [0.15, 0.2) is 0 Å². The summed E-state index contributed by atoms with van der Waals surface area (Å²) >= 11 is 0. The van der Waals surface area contributed by atoms with E-state index in [2.05, 4.69) is 11.9 Å². The highest BCUT2D eigenvalue weighted by molar-refractivity contribution is 6.04. The average molecular weight is 329 g/mol. The standard InChI is InChI=1S/C17H19N3O4/c1-4-14(21)19(2)13-7-5-11(6-8-13)16(23)18-10-12-9-15(22)20(3)17(12)24/h4-8,12H,1,9-10H2,2-3H3,(H,18,23). The van der Waals surface area contributed by atoms with Crippen molar-refractivity contribution in [3.8, 4) is 0 Å². The molecule has 1 saturated heterocycles. The quantitative estimate of drug-likeness (QED) is 0.632. The number of carbonyl (C=O) groups is 4. The number of hydrogen-bond acceptors (Lipinski definition) is 4. The number of benzene rings is 1. The highest BCUT2D eigenvalue weighted by Crippen LogP contribution is 2.17. The lowest BCUT2D eigenvalue weighted by Gasteiger charge is -2.15. The second-order valence-electron chi connectivity index (χ2n) is 5.55. The maximum atomic E-state index is 12.1. The molecule has 1 aliphatic rings. The molecule has 1 aromatic carbocycles. The predicted molar refractivity (Wildman–Crippen MR) is 88.3 cm³/mol. The average Bonchev–Trinajstić information content (AvgIpc) is 2.85. The third-order valence-corrected chi connectivity index (χ3v) is 4.01. The third-order valence-electron chi connectivity index (χ3n) is 4.01. The van der Waals surface area contributed by atoms with Crippen LogP contribution in [0.3, 0.4) is 0 Å². The number of likely N-dealkylation sites (N-methyl/N-ethyl adjacent to an activating group) is 1. The molecular weight excluding hydrogens is 310 g/mol. The number of imide groups is 1. The lowest BCUT2D eigenvalue weighted by Crippen LogP contribution is -2.33. The van der Waals surface area contributed by atoms with E-state index in [9.17, 15) is 19.2 Å². The molecule has 4 amide bonds. The number of rotatable bonds is 5. The molecule has 0 spiro atoms. The van der Waals surface area contributed by atoms with E-state index in [1.54, 1.807) is 31.3 Å². The van der Waals surface area contributed by atoms with Crippen LogP contribution in [-0.4, -0.2) is 49.2 Å². The fraction of sp³-hybridized carbons (Fsp3) is 0.294. The van der Waals surface area contributed by atoms with Crippen molar-refractivity contribution in [3.63, 3.8) is 0 Å². The summed E-state index contributed by atoms with van der Waals surface area (Å²) in [4.78, 5) is 49.4. The topological polar surface area (TPSA) is 86.8 Å². The molecule has 0 aliphatic carbocycles. The van der Waals surface area contributed by atoms with Crippen molar-refractivity contribution in [2.45, 2.75) is 6.42 Å². The highest BCUT2D eigenvalue weighted by Gasteiger charge is 2.35. The second kappa shape index (κ2) is 7.08. The lowest BCUT2D eigenvalue weighted by molar-refractivity contribution is -0.137. The van der Waals surface area contributed by atoms with Crippen molar-refractivity contribution in [1.29, 1.82) is 0 Å². The molecular formula is C17H19N3O4. The molecule has 7 nitrogen and oxygen atoms in total. The molecule has 24 heavy (non-hydrogen) atoms. The van der Waals surface area contributed by atoms with Crippen molar-refractivity contribution < 1.29 is 19.2 Å². The largest absolute Gasteiger partial charge is 0.351 e. The molecule has 1 heterocycles. The van der Waals surface area contributed by atoms with Crippen molar-refractivity contribution in [2.24, 2.45) is 5.92 Å². The van der Waals surface area contributed by atoms with E-state index in [1.165, 1.54) is 18.0 Å².